The van der Waals surface area contributed by atoms with Crippen LogP contribution in [0, 0.1) is 5.82 Å². The zero-order valence-corrected chi connectivity index (χ0v) is 15.5. The van der Waals surface area contributed by atoms with Gasteiger partial charge in [0.2, 0.25) is 0 Å². The van der Waals surface area contributed by atoms with Gasteiger partial charge >= 0.3 is 0 Å². The largest absolute Gasteiger partial charge is 0.350 e. The molecule has 1 aliphatic heterocycles. The lowest BCUT2D eigenvalue weighted by Crippen LogP contribution is -2.37. The summed E-state index contributed by atoms with van der Waals surface area (Å²) in [5.41, 5.74) is 0.544. The van der Waals surface area contributed by atoms with Gasteiger partial charge in [-0.15, -0.1) is 0 Å². The summed E-state index contributed by atoms with van der Waals surface area (Å²) in [5, 5.41) is 2.05. The van der Waals surface area contributed by atoms with Crippen LogP contribution in [0.3, 0.4) is 0 Å². The second-order valence-corrected chi connectivity index (χ2v) is 7.00. The van der Waals surface area contributed by atoms with Gasteiger partial charge in [0, 0.05) is 13.1 Å². The number of hydrogen-bond donors (Lipinski definition) is 1. The first-order chi connectivity index (χ1) is 13.0. The van der Waals surface area contributed by atoms with Crippen LogP contribution >= 0.6 is 23.4 Å². The summed E-state index contributed by atoms with van der Waals surface area (Å²) in [6, 6.07) is 13.1. The number of rotatable bonds is 5. The molecule has 1 aliphatic rings. The lowest BCUT2D eigenvalue weighted by atomic mass is 10.2. The smallest absolute Gasteiger partial charge is 0.293 e. The Balaban J connectivity index is 1.61. The van der Waals surface area contributed by atoms with Crippen LogP contribution < -0.4 is 5.32 Å². The molecule has 1 heterocycles. The van der Waals surface area contributed by atoms with Crippen molar-refractivity contribution in [3.8, 4) is 0 Å². The lowest BCUT2D eigenvalue weighted by Gasteiger charge is -2.13. The maximum atomic E-state index is 13.7. The van der Waals surface area contributed by atoms with E-state index in [0.29, 0.717) is 4.91 Å². The summed E-state index contributed by atoms with van der Waals surface area (Å²) >= 11 is 6.68. The molecule has 138 valence electrons. The van der Waals surface area contributed by atoms with E-state index >= 15 is 0 Å². The molecule has 0 unspecified atom stereocenters. The van der Waals surface area contributed by atoms with Crippen LogP contribution in [0.5, 0.6) is 0 Å². The van der Waals surface area contributed by atoms with E-state index in [0.717, 1.165) is 28.3 Å². The molecule has 0 radical (unpaired) electrons. The molecule has 0 atom stereocenters. The predicted octanol–water partition coefficient (Wildman–Crippen LogP) is 3.95. The van der Waals surface area contributed by atoms with Crippen molar-refractivity contribution in [1.82, 2.24) is 10.2 Å². The minimum absolute atomic E-state index is 0.00976. The summed E-state index contributed by atoms with van der Waals surface area (Å²) in [7, 11) is 0. The van der Waals surface area contributed by atoms with Crippen molar-refractivity contribution in [1.29, 1.82) is 0 Å². The standard InChI is InChI=1S/C19H14ClFN2O3S/c20-13-7-4-8-14(21)16(13)17(24)22-9-10-23-18(25)15(27-19(23)26)11-12-5-2-1-3-6-12/h1-8,11H,9-10H2,(H,22,24)/b15-11-. The number of carbonyl (C=O) groups excluding carboxylic acids is 3. The van der Waals surface area contributed by atoms with E-state index in [1.165, 1.54) is 12.1 Å². The highest BCUT2D eigenvalue weighted by molar-refractivity contribution is 8.18. The Bertz CT molecular complexity index is 914. The molecule has 0 saturated carbocycles. The maximum Gasteiger partial charge on any atom is 0.293 e. The molecule has 3 amide bonds. The van der Waals surface area contributed by atoms with Gasteiger partial charge in [0.25, 0.3) is 17.1 Å². The first-order valence-corrected chi connectivity index (χ1v) is 9.19. The highest BCUT2D eigenvalue weighted by atomic mass is 35.5. The van der Waals surface area contributed by atoms with Crippen molar-refractivity contribution in [3.63, 3.8) is 0 Å². The maximum absolute atomic E-state index is 13.7. The number of halogens is 2. The molecule has 0 aliphatic carbocycles. The number of benzene rings is 2. The van der Waals surface area contributed by atoms with Gasteiger partial charge in [-0.05, 0) is 35.5 Å². The second-order valence-electron chi connectivity index (χ2n) is 5.60. The average molecular weight is 405 g/mol. The fraction of sp³-hybridized carbons (Fsp3) is 0.105. The number of amides is 3. The molecule has 5 nitrogen and oxygen atoms in total. The number of nitrogens with one attached hydrogen (secondary N) is 1. The third-order valence-corrected chi connectivity index (χ3v) is 5.00. The zero-order valence-electron chi connectivity index (χ0n) is 13.9. The summed E-state index contributed by atoms with van der Waals surface area (Å²) < 4.78 is 13.7. The van der Waals surface area contributed by atoms with E-state index in [-0.39, 0.29) is 23.7 Å². The second kappa shape index (κ2) is 8.37. The molecule has 0 aromatic heterocycles. The van der Waals surface area contributed by atoms with Crippen LogP contribution in [0.1, 0.15) is 15.9 Å². The fourth-order valence-corrected chi connectivity index (χ4v) is 3.59. The molecule has 1 fully saturated rings. The number of nitrogens with zero attached hydrogens (tertiary/aromatic N) is 1. The monoisotopic (exact) mass is 404 g/mol. The number of thioether (sulfide) groups is 1. The van der Waals surface area contributed by atoms with E-state index < -0.39 is 22.9 Å². The molecule has 1 N–H and O–H groups in total. The van der Waals surface area contributed by atoms with Crippen LogP contribution in [0.2, 0.25) is 5.02 Å². The van der Waals surface area contributed by atoms with E-state index in [2.05, 4.69) is 5.32 Å². The molecule has 1 saturated heterocycles. The van der Waals surface area contributed by atoms with E-state index in [4.69, 9.17) is 11.6 Å². The molecular weight excluding hydrogens is 391 g/mol. The van der Waals surface area contributed by atoms with Gasteiger partial charge in [-0.2, -0.15) is 0 Å². The van der Waals surface area contributed by atoms with E-state index in [9.17, 15) is 18.8 Å². The Labute approximate surface area is 164 Å². The van der Waals surface area contributed by atoms with Gasteiger partial charge in [0.15, 0.2) is 0 Å². The SMILES string of the molecule is O=C(NCCN1C(=O)S/C(=C\c2ccccc2)C1=O)c1c(F)cccc1Cl. The van der Waals surface area contributed by atoms with Crippen LogP contribution in [0.15, 0.2) is 53.4 Å². The van der Waals surface area contributed by atoms with Crippen LogP contribution in [0.4, 0.5) is 9.18 Å². The third kappa shape index (κ3) is 4.37. The quantitative estimate of drug-likeness (QED) is 0.766. The Kier molecular flexibility index (Phi) is 5.93. The summed E-state index contributed by atoms with van der Waals surface area (Å²) in [6.07, 6.45) is 1.64. The number of hydrogen-bond acceptors (Lipinski definition) is 4. The van der Waals surface area contributed by atoms with Crippen LogP contribution in [-0.4, -0.2) is 35.0 Å². The molecule has 8 heteroatoms. The molecule has 0 spiro atoms. The fourth-order valence-electron chi connectivity index (χ4n) is 2.48. The van der Waals surface area contributed by atoms with Crippen LogP contribution in [-0.2, 0) is 4.79 Å². The number of imide groups is 1. The van der Waals surface area contributed by atoms with Gasteiger partial charge in [-0.1, -0.05) is 48.0 Å². The van der Waals surface area contributed by atoms with Gasteiger partial charge in [-0.25, -0.2) is 4.39 Å². The van der Waals surface area contributed by atoms with E-state index in [1.807, 2.05) is 30.3 Å². The average Bonchev–Trinajstić information content (AvgIpc) is 2.90. The first kappa shape index (κ1) is 19.1. The van der Waals surface area contributed by atoms with Gasteiger partial charge in [0.1, 0.15) is 5.82 Å². The van der Waals surface area contributed by atoms with Crippen molar-refractivity contribution in [2.75, 3.05) is 13.1 Å². The van der Waals surface area contributed by atoms with Crippen molar-refractivity contribution in [2.24, 2.45) is 0 Å². The Morgan fingerprint density at radius 2 is 1.89 bits per heavy atom. The highest BCUT2D eigenvalue weighted by Crippen LogP contribution is 2.31. The first-order valence-electron chi connectivity index (χ1n) is 8.00. The molecule has 27 heavy (non-hydrogen) atoms. The molecule has 2 aromatic rings. The topological polar surface area (TPSA) is 66.5 Å². The van der Waals surface area contributed by atoms with Crippen LogP contribution in [0.25, 0.3) is 6.08 Å². The van der Waals surface area contributed by atoms with Crippen molar-refractivity contribution in [3.05, 3.63) is 75.4 Å². The highest BCUT2D eigenvalue weighted by Gasteiger charge is 2.34. The summed E-state index contributed by atoms with van der Waals surface area (Å²) in [4.78, 5) is 37.9. The minimum Gasteiger partial charge on any atom is -0.350 e. The van der Waals surface area contributed by atoms with E-state index in [1.54, 1.807) is 6.08 Å². The van der Waals surface area contributed by atoms with Gasteiger partial charge in [0.05, 0.1) is 15.5 Å². The normalized spacial score (nSPS) is 15.5. The van der Waals surface area contributed by atoms with Gasteiger partial charge in [-0.3, -0.25) is 19.3 Å². The van der Waals surface area contributed by atoms with Crippen molar-refractivity contribution >= 4 is 46.5 Å². The number of carbonyl (C=O) groups is 3. The van der Waals surface area contributed by atoms with Gasteiger partial charge < -0.3 is 5.32 Å². The summed E-state index contributed by atoms with van der Waals surface area (Å²) in [5.74, 6) is -1.87. The Morgan fingerprint density at radius 3 is 2.59 bits per heavy atom. The Morgan fingerprint density at radius 1 is 1.15 bits per heavy atom. The molecule has 3 rings (SSSR count). The van der Waals surface area contributed by atoms with Crippen molar-refractivity contribution < 1.29 is 18.8 Å². The zero-order chi connectivity index (χ0) is 19.4. The van der Waals surface area contributed by atoms with Crippen molar-refractivity contribution in [2.45, 2.75) is 0 Å². The molecule has 2 aromatic carbocycles. The summed E-state index contributed by atoms with van der Waals surface area (Å²) in [6.45, 7) is -0.0330. The molecular formula is C19H14ClFN2O3S. The minimum atomic E-state index is -0.739. The third-order valence-electron chi connectivity index (χ3n) is 3.78. The molecule has 0 bridgehead atoms. The Hall–Kier alpha value is -2.64. The predicted molar refractivity (Wildman–Crippen MR) is 103 cm³/mol. The lowest BCUT2D eigenvalue weighted by molar-refractivity contribution is -0.122.